The van der Waals surface area contributed by atoms with Crippen LogP contribution in [0.1, 0.15) is 9.67 Å². The third kappa shape index (κ3) is 5.79. The summed E-state index contributed by atoms with van der Waals surface area (Å²) in [5.74, 6) is -3.73. The Balaban J connectivity index is 0.000000351. The van der Waals surface area contributed by atoms with Crippen molar-refractivity contribution >= 4 is 34.5 Å². The summed E-state index contributed by atoms with van der Waals surface area (Å²) >= 11 is -0.0157. The second-order valence-electron chi connectivity index (χ2n) is 4.00. The molecule has 12 heteroatoms. The van der Waals surface area contributed by atoms with E-state index in [2.05, 4.69) is 10.2 Å². The summed E-state index contributed by atoms with van der Waals surface area (Å²) < 4.78 is 43.0. The molecule has 0 saturated carbocycles. The molecule has 1 unspecified atom stereocenters. The van der Waals surface area contributed by atoms with Crippen LogP contribution < -0.4 is 0 Å². The molecular weight excluding hydrogens is 373 g/mol. The minimum Gasteiger partial charge on any atom is -0.612 e. The smallest absolute Gasteiger partial charge is 0.490 e. The van der Waals surface area contributed by atoms with Gasteiger partial charge in [0.25, 0.3) is 0 Å². The summed E-state index contributed by atoms with van der Waals surface area (Å²) in [4.78, 5) is 21.1. The molecule has 0 aliphatic carbocycles. The van der Waals surface area contributed by atoms with E-state index in [1.807, 2.05) is 0 Å². The van der Waals surface area contributed by atoms with Crippen molar-refractivity contribution in [2.75, 3.05) is 6.26 Å². The van der Waals surface area contributed by atoms with E-state index < -0.39 is 29.3 Å². The molecule has 0 aromatic carbocycles. The standard InChI is InChI=1S/C10H8N2O3S2.C2HF3O2/c1-17(15)6-4-7(12-11-5-6)8-2-3-9(16-8)10(13)14;3-2(4,5)1(6)7/h2-5H,1H3,(H,13,14);(H,6,7). The second kappa shape index (κ2) is 8.08. The van der Waals surface area contributed by atoms with E-state index >= 15 is 0 Å². The minimum absolute atomic E-state index is 0.241. The van der Waals surface area contributed by atoms with Gasteiger partial charge in [-0.05, 0) is 23.3 Å². The van der Waals surface area contributed by atoms with Gasteiger partial charge in [0.15, 0.2) is 4.90 Å². The number of halogens is 3. The molecule has 0 radical (unpaired) electrons. The maximum atomic E-state index is 11.3. The van der Waals surface area contributed by atoms with Crippen molar-refractivity contribution in [2.24, 2.45) is 0 Å². The van der Waals surface area contributed by atoms with Crippen LogP contribution in [0.15, 0.2) is 29.3 Å². The first-order valence-electron chi connectivity index (χ1n) is 5.82. The molecule has 0 bridgehead atoms. The highest BCUT2D eigenvalue weighted by Gasteiger charge is 2.38. The van der Waals surface area contributed by atoms with Crippen molar-refractivity contribution in [3.63, 3.8) is 0 Å². The number of aliphatic carboxylic acids is 1. The fraction of sp³-hybridized carbons (Fsp3) is 0.167. The van der Waals surface area contributed by atoms with Gasteiger partial charge in [-0.1, -0.05) is 0 Å². The predicted molar refractivity (Wildman–Crippen MR) is 78.3 cm³/mol. The van der Waals surface area contributed by atoms with Crippen molar-refractivity contribution < 1.29 is 37.5 Å². The molecule has 2 N–H and O–H groups in total. The number of aromatic carboxylic acids is 1. The maximum Gasteiger partial charge on any atom is 0.490 e. The van der Waals surface area contributed by atoms with E-state index in [0.29, 0.717) is 15.5 Å². The van der Waals surface area contributed by atoms with Gasteiger partial charge in [0.2, 0.25) is 0 Å². The van der Waals surface area contributed by atoms with E-state index in [4.69, 9.17) is 15.0 Å². The number of rotatable bonds is 3. The van der Waals surface area contributed by atoms with Gasteiger partial charge in [0.05, 0.1) is 4.88 Å². The first-order chi connectivity index (χ1) is 11.0. The average molecular weight is 382 g/mol. The van der Waals surface area contributed by atoms with Crippen molar-refractivity contribution in [2.45, 2.75) is 11.1 Å². The van der Waals surface area contributed by atoms with Crippen molar-refractivity contribution in [3.8, 4) is 10.6 Å². The SMILES string of the molecule is C[S+]([O-])c1cnnc(-c2ccc(C(=O)O)s2)c1.O=C(O)C(F)(F)F. The molecular formula is C12H9F3N2O5S2. The summed E-state index contributed by atoms with van der Waals surface area (Å²) in [6.45, 7) is 0. The second-order valence-corrected chi connectivity index (χ2v) is 6.47. The summed E-state index contributed by atoms with van der Waals surface area (Å²) in [6, 6.07) is 4.83. The van der Waals surface area contributed by atoms with Crippen LogP contribution in [-0.4, -0.2) is 49.3 Å². The Morgan fingerprint density at radius 3 is 2.29 bits per heavy atom. The number of carboxylic acids is 2. The molecule has 0 amide bonds. The molecule has 130 valence electrons. The summed E-state index contributed by atoms with van der Waals surface area (Å²) in [7, 11) is 0. The van der Waals surface area contributed by atoms with Gasteiger partial charge in [-0.25, -0.2) is 9.59 Å². The molecule has 0 spiro atoms. The Morgan fingerprint density at radius 1 is 1.29 bits per heavy atom. The van der Waals surface area contributed by atoms with Crippen molar-refractivity contribution in [1.29, 1.82) is 0 Å². The van der Waals surface area contributed by atoms with Crippen LogP contribution in [0.25, 0.3) is 10.6 Å². The average Bonchev–Trinajstić information content (AvgIpc) is 2.97. The molecule has 2 aromatic rings. The molecule has 0 aliphatic heterocycles. The van der Waals surface area contributed by atoms with Crippen LogP contribution in [0.2, 0.25) is 0 Å². The number of thiophene rings is 1. The lowest BCUT2D eigenvalue weighted by Gasteiger charge is -2.03. The molecule has 2 heterocycles. The highest BCUT2D eigenvalue weighted by molar-refractivity contribution is 7.90. The van der Waals surface area contributed by atoms with Crippen molar-refractivity contribution in [1.82, 2.24) is 10.2 Å². The number of nitrogens with zero attached hydrogens (tertiary/aromatic N) is 2. The third-order valence-electron chi connectivity index (χ3n) is 2.27. The predicted octanol–water partition coefficient (Wildman–Crippen LogP) is 2.27. The van der Waals surface area contributed by atoms with Gasteiger partial charge in [0, 0.05) is 6.07 Å². The van der Waals surface area contributed by atoms with Crippen LogP contribution in [0, 0.1) is 0 Å². The lowest BCUT2D eigenvalue weighted by Crippen LogP contribution is -2.21. The van der Waals surface area contributed by atoms with Gasteiger partial charge in [-0.2, -0.15) is 18.3 Å². The minimum atomic E-state index is -5.08. The number of carbonyl (C=O) groups is 2. The zero-order valence-electron chi connectivity index (χ0n) is 11.8. The van der Waals surface area contributed by atoms with Crippen LogP contribution in [0.5, 0.6) is 0 Å². The summed E-state index contributed by atoms with van der Waals surface area (Å²) in [6.07, 6.45) is -2.09. The Kier molecular flexibility index (Phi) is 6.69. The topological polar surface area (TPSA) is 123 Å². The van der Waals surface area contributed by atoms with Crippen LogP contribution in [0.3, 0.4) is 0 Å². The number of hydrogen-bond donors (Lipinski definition) is 2. The van der Waals surface area contributed by atoms with E-state index in [0.717, 1.165) is 11.3 Å². The molecule has 7 nitrogen and oxygen atoms in total. The van der Waals surface area contributed by atoms with E-state index in [1.165, 1.54) is 12.3 Å². The molecule has 0 saturated heterocycles. The van der Waals surface area contributed by atoms with Gasteiger partial charge in [-0.3, -0.25) is 0 Å². The highest BCUT2D eigenvalue weighted by atomic mass is 32.2. The molecule has 1 atom stereocenters. The maximum absolute atomic E-state index is 11.3. The van der Waals surface area contributed by atoms with Gasteiger partial charge >= 0.3 is 18.1 Å². The Labute approximate surface area is 140 Å². The molecule has 0 aliphatic rings. The fourth-order valence-corrected chi connectivity index (χ4v) is 2.49. The molecule has 2 aromatic heterocycles. The van der Waals surface area contributed by atoms with E-state index in [9.17, 15) is 22.5 Å². The molecule has 0 fully saturated rings. The Morgan fingerprint density at radius 2 is 1.88 bits per heavy atom. The zero-order valence-corrected chi connectivity index (χ0v) is 13.4. The first kappa shape index (κ1) is 19.9. The number of aromatic nitrogens is 2. The lowest BCUT2D eigenvalue weighted by molar-refractivity contribution is -0.192. The monoisotopic (exact) mass is 382 g/mol. The van der Waals surface area contributed by atoms with Crippen LogP contribution >= 0.6 is 11.3 Å². The Hall–Kier alpha value is -2.18. The summed E-state index contributed by atoms with van der Waals surface area (Å²) in [5.41, 5.74) is 0.537. The quantitative estimate of drug-likeness (QED) is 0.781. The van der Waals surface area contributed by atoms with E-state index in [1.54, 1.807) is 18.4 Å². The normalized spacial score (nSPS) is 12.0. The first-order valence-corrected chi connectivity index (χ1v) is 8.19. The van der Waals surface area contributed by atoms with Crippen LogP contribution in [0.4, 0.5) is 13.2 Å². The number of carboxylic acid groups (broad SMARTS) is 2. The third-order valence-corrected chi connectivity index (χ3v) is 4.26. The molecule has 2 rings (SSSR count). The van der Waals surface area contributed by atoms with Crippen LogP contribution in [-0.2, 0) is 16.0 Å². The summed E-state index contributed by atoms with van der Waals surface area (Å²) in [5, 5.41) is 23.6. The molecule has 24 heavy (non-hydrogen) atoms. The number of hydrogen-bond acceptors (Lipinski definition) is 6. The Bertz CT molecular complexity index is 733. The van der Waals surface area contributed by atoms with Gasteiger partial charge in [-0.15, -0.1) is 16.4 Å². The zero-order chi connectivity index (χ0) is 18.5. The highest BCUT2D eigenvalue weighted by Crippen LogP contribution is 2.27. The van der Waals surface area contributed by atoms with Crippen molar-refractivity contribution in [3.05, 3.63) is 29.3 Å². The van der Waals surface area contributed by atoms with E-state index in [-0.39, 0.29) is 4.88 Å². The largest absolute Gasteiger partial charge is 0.612 e. The fourth-order valence-electron chi connectivity index (χ4n) is 1.22. The lowest BCUT2D eigenvalue weighted by atomic mass is 10.3. The van der Waals surface area contributed by atoms with Gasteiger partial charge < -0.3 is 14.8 Å². The number of alkyl halides is 3. The van der Waals surface area contributed by atoms with Gasteiger partial charge in [0.1, 0.15) is 23.0 Å².